The summed E-state index contributed by atoms with van der Waals surface area (Å²) in [5, 5.41) is 0. The summed E-state index contributed by atoms with van der Waals surface area (Å²) in [4.78, 5) is 2.53. The molecule has 0 aliphatic rings. The van der Waals surface area contributed by atoms with E-state index >= 15 is 0 Å². The maximum absolute atomic E-state index is 5.73. The smallest absolute Gasteiger partial charge is 0.119 e. The van der Waals surface area contributed by atoms with E-state index in [1.165, 1.54) is 19.4 Å². The number of hydrogen-bond donors (Lipinski definition) is 1. The summed E-state index contributed by atoms with van der Waals surface area (Å²) in [5.41, 5.74) is 6.43. The number of ether oxygens (including phenoxy) is 1. The average molecular weight is 278 g/mol. The fraction of sp³-hybridized carbons (Fsp3) is 0.647. The predicted octanol–water partition coefficient (Wildman–Crippen LogP) is 3.80. The molecule has 114 valence electrons. The number of nitrogen functional groups attached to an aromatic ring is 1. The van der Waals surface area contributed by atoms with Crippen molar-refractivity contribution in [1.82, 2.24) is 4.90 Å². The van der Waals surface area contributed by atoms with Gasteiger partial charge in [0.15, 0.2) is 0 Å². The van der Waals surface area contributed by atoms with Crippen molar-refractivity contribution in [2.24, 2.45) is 5.92 Å². The molecule has 0 amide bonds. The molecule has 20 heavy (non-hydrogen) atoms. The van der Waals surface area contributed by atoms with Crippen LogP contribution in [-0.2, 0) is 0 Å². The van der Waals surface area contributed by atoms with Gasteiger partial charge in [0.2, 0.25) is 0 Å². The lowest BCUT2D eigenvalue weighted by atomic mass is 10.0. The SMILES string of the molecule is CCC(CC)CN(CC)CCCOc1ccc(N)cc1. The molecule has 0 aliphatic carbocycles. The standard InChI is InChI=1S/C17H30N2O/c1-4-15(5-2)14-19(6-3)12-7-13-20-17-10-8-16(18)9-11-17/h8-11,15H,4-7,12-14,18H2,1-3H3. The molecule has 0 aromatic heterocycles. The molecule has 0 radical (unpaired) electrons. The molecule has 0 saturated carbocycles. The summed E-state index contributed by atoms with van der Waals surface area (Å²) in [6.45, 7) is 11.0. The van der Waals surface area contributed by atoms with E-state index < -0.39 is 0 Å². The third-order valence-electron chi connectivity index (χ3n) is 3.89. The van der Waals surface area contributed by atoms with Crippen molar-refractivity contribution in [3.63, 3.8) is 0 Å². The van der Waals surface area contributed by atoms with Gasteiger partial charge in [0, 0.05) is 18.8 Å². The molecule has 0 fully saturated rings. The van der Waals surface area contributed by atoms with Crippen LogP contribution >= 0.6 is 0 Å². The van der Waals surface area contributed by atoms with E-state index in [-0.39, 0.29) is 0 Å². The number of nitrogens with zero attached hydrogens (tertiary/aromatic N) is 1. The number of anilines is 1. The summed E-state index contributed by atoms with van der Waals surface area (Å²) >= 11 is 0. The molecule has 0 unspecified atom stereocenters. The minimum atomic E-state index is 0.767. The highest BCUT2D eigenvalue weighted by molar-refractivity contribution is 5.41. The fourth-order valence-electron chi connectivity index (χ4n) is 2.33. The second kappa shape index (κ2) is 9.65. The van der Waals surface area contributed by atoms with Crippen LogP contribution in [0.4, 0.5) is 5.69 Å². The molecular formula is C17H30N2O. The maximum atomic E-state index is 5.73. The van der Waals surface area contributed by atoms with E-state index in [9.17, 15) is 0 Å². The molecule has 0 spiro atoms. The Morgan fingerprint density at radius 2 is 1.75 bits per heavy atom. The van der Waals surface area contributed by atoms with Crippen molar-refractivity contribution < 1.29 is 4.74 Å². The Morgan fingerprint density at radius 3 is 2.30 bits per heavy atom. The van der Waals surface area contributed by atoms with Crippen molar-refractivity contribution in [2.45, 2.75) is 40.0 Å². The Labute approximate surface area is 124 Å². The molecule has 3 heteroatoms. The van der Waals surface area contributed by atoms with Gasteiger partial charge in [-0.15, -0.1) is 0 Å². The van der Waals surface area contributed by atoms with Crippen molar-refractivity contribution in [1.29, 1.82) is 0 Å². The van der Waals surface area contributed by atoms with Crippen LogP contribution in [0.25, 0.3) is 0 Å². The van der Waals surface area contributed by atoms with Crippen LogP contribution in [-0.4, -0.2) is 31.1 Å². The van der Waals surface area contributed by atoms with Crippen LogP contribution in [0.5, 0.6) is 5.75 Å². The van der Waals surface area contributed by atoms with E-state index in [1.54, 1.807) is 0 Å². The first-order chi connectivity index (χ1) is 9.69. The third-order valence-corrected chi connectivity index (χ3v) is 3.89. The number of nitrogens with two attached hydrogens (primary N) is 1. The van der Waals surface area contributed by atoms with E-state index in [1.807, 2.05) is 24.3 Å². The molecule has 1 aromatic carbocycles. The van der Waals surface area contributed by atoms with E-state index in [2.05, 4.69) is 25.7 Å². The quantitative estimate of drug-likeness (QED) is 0.522. The molecule has 1 aromatic rings. The van der Waals surface area contributed by atoms with Gasteiger partial charge in [-0.1, -0.05) is 33.6 Å². The van der Waals surface area contributed by atoms with Gasteiger partial charge >= 0.3 is 0 Å². The number of benzene rings is 1. The van der Waals surface area contributed by atoms with Crippen molar-refractivity contribution in [3.05, 3.63) is 24.3 Å². The largest absolute Gasteiger partial charge is 0.494 e. The summed E-state index contributed by atoms with van der Waals surface area (Å²) in [6.07, 6.45) is 3.61. The van der Waals surface area contributed by atoms with Crippen LogP contribution in [0.3, 0.4) is 0 Å². The van der Waals surface area contributed by atoms with E-state index in [0.717, 1.165) is 43.5 Å². The summed E-state index contributed by atoms with van der Waals surface area (Å²) < 4.78 is 5.73. The molecule has 0 aliphatic heterocycles. The normalized spacial score (nSPS) is 11.2. The highest BCUT2D eigenvalue weighted by Crippen LogP contribution is 2.14. The molecular weight excluding hydrogens is 248 g/mol. The Morgan fingerprint density at radius 1 is 1.10 bits per heavy atom. The minimum Gasteiger partial charge on any atom is -0.494 e. The molecule has 2 N–H and O–H groups in total. The van der Waals surface area contributed by atoms with Crippen LogP contribution in [0.1, 0.15) is 40.0 Å². The monoisotopic (exact) mass is 278 g/mol. The minimum absolute atomic E-state index is 0.767. The molecule has 1 rings (SSSR count). The second-order valence-electron chi connectivity index (χ2n) is 5.35. The maximum Gasteiger partial charge on any atom is 0.119 e. The van der Waals surface area contributed by atoms with Gasteiger partial charge in [-0.05, 0) is 43.1 Å². The highest BCUT2D eigenvalue weighted by Gasteiger charge is 2.09. The first-order valence-corrected chi connectivity index (χ1v) is 7.90. The third kappa shape index (κ3) is 6.29. The Hall–Kier alpha value is -1.22. The molecule has 0 heterocycles. The van der Waals surface area contributed by atoms with E-state index in [4.69, 9.17) is 10.5 Å². The van der Waals surface area contributed by atoms with E-state index in [0.29, 0.717) is 0 Å². The lowest BCUT2D eigenvalue weighted by molar-refractivity contribution is 0.209. The van der Waals surface area contributed by atoms with Gasteiger partial charge in [-0.25, -0.2) is 0 Å². The number of rotatable bonds is 10. The number of hydrogen-bond acceptors (Lipinski definition) is 3. The zero-order chi connectivity index (χ0) is 14.8. The van der Waals surface area contributed by atoms with Gasteiger partial charge in [0.1, 0.15) is 5.75 Å². The Balaban J connectivity index is 2.22. The Bertz CT molecular complexity index is 347. The van der Waals surface area contributed by atoms with Crippen LogP contribution in [0.2, 0.25) is 0 Å². The predicted molar refractivity (Wildman–Crippen MR) is 87.2 cm³/mol. The second-order valence-corrected chi connectivity index (χ2v) is 5.35. The fourth-order valence-corrected chi connectivity index (χ4v) is 2.33. The molecule has 0 bridgehead atoms. The topological polar surface area (TPSA) is 38.5 Å². The summed E-state index contributed by atoms with van der Waals surface area (Å²) in [6, 6.07) is 7.61. The average Bonchev–Trinajstić information content (AvgIpc) is 2.48. The summed E-state index contributed by atoms with van der Waals surface area (Å²) in [5.74, 6) is 1.73. The van der Waals surface area contributed by atoms with Gasteiger partial charge in [-0.2, -0.15) is 0 Å². The van der Waals surface area contributed by atoms with Gasteiger partial charge < -0.3 is 15.4 Å². The zero-order valence-corrected chi connectivity index (χ0v) is 13.3. The van der Waals surface area contributed by atoms with Crippen LogP contribution in [0.15, 0.2) is 24.3 Å². The molecule has 3 nitrogen and oxygen atoms in total. The van der Waals surface area contributed by atoms with Gasteiger partial charge in [0.25, 0.3) is 0 Å². The van der Waals surface area contributed by atoms with Crippen molar-refractivity contribution >= 4 is 5.69 Å². The lowest BCUT2D eigenvalue weighted by Crippen LogP contribution is -2.30. The van der Waals surface area contributed by atoms with Crippen LogP contribution < -0.4 is 10.5 Å². The van der Waals surface area contributed by atoms with Gasteiger partial charge in [-0.3, -0.25) is 0 Å². The van der Waals surface area contributed by atoms with Gasteiger partial charge in [0.05, 0.1) is 6.61 Å². The van der Waals surface area contributed by atoms with Crippen LogP contribution in [0, 0.1) is 5.92 Å². The van der Waals surface area contributed by atoms with Crippen molar-refractivity contribution in [3.8, 4) is 5.75 Å². The molecule has 0 atom stereocenters. The highest BCUT2D eigenvalue weighted by atomic mass is 16.5. The van der Waals surface area contributed by atoms with Crippen molar-refractivity contribution in [2.75, 3.05) is 32.0 Å². The molecule has 0 saturated heterocycles. The Kier molecular flexibility index (Phi) is 8.12. The summed E-state index contributed by atoms with van der Waals surface area (Å²) in [7, 11) is 0. The first-order valence-electron chi connectivity index (χ1n) is 7.90. The zero-order valence-electron chi connectivity index (χ0n) is 13.3. The first kappa shape index (κ1) is 16.8. The lowest BCUT2D eigenvalue weighted by Gasteiger charge is -2.25.